The minimum Gasteiger partial charge on any atom is -0.497 e. The Kier molecular flexibility index (Phi) is 5.06. The van der Waals surface area contributed by atoms with Crippen molar-refractivity contribution in [1.29, 1.82) is 0 Å². The van der Waals surface area contributed by atoms with E-state index in [2.05, 4.69) is 10.3 Å². The van der Waals surface area contributed by atoms with Crippen LogP contribution in [0.3, 0.4) is 0 Å². The topological polar surface area (TPSA) is 55.6 Å². The number of carbonyl (C=O) groups is 1. The molecule has 4 rings (SSSR count). The summed E-state index contributed by atoms with van der Waals surface area (Å²) in [6.45, 7) is 0. The summed E-state index contributed by atoms with van der Waals surface area (Å²) in [7, 11) is 1.64. The van der Waals surface area contributed by atoms with Crippen LogP contribution < -0.4 is 10.1 Å². The van der Waals surface area contributed by atoms with E-state index in [9.17, 15) is 4.79 Å². The Labute approximate surface area is 163 Å². The van der Waals surface area contributed by atoms with Gasteiger partial charge in [-0.15, -0.1) is 0 Å². The average Bonchev–Trinajstić information content (AvgIpc) is 3.17. The van der Waals surface area contributed by atoms with E-state index in [4.69, 9.17) is 4.74 Å². The number of imidazole rings is 1. The number of aromatic nitrogens is 2. The highest BCUT2D eigenvalue weighted by Crippen LogP contribution is 2.21. The normalized spacial score (nSPS) is 10.8. The predicted octanol–water partition coefficient (Wildman–Crippen LogP) is 4.58. The minimum absolute atomic E-state index is 0.00343. The Balaban J connectivity index is 1.36. The molecule has 2 heterocycles. The van der Waals surface area contributed by atoms with Gasteiger partial charge in [-0.05, 0) is 48.4 Å². The fourth-order valence-electron chi connectivity index (χ4n) is 3.07. The number of pyridine rings is 1. The first-order valence-corrected chi connectivity index (χ1v) is 9.18. The molecule has 0 spiro atoms. The van der Waals surface area contributed by atoms with Crippen molar-refractivity contribution in [2.45, 2.75) is 12.8 Å². The first-order valence-electron chi connectivity index (χ1n) is 9.18. The molecule has 140 valence electrons. The second kappa shape index (κ2) is 7.96. The fourth-order valence-corrected chi connectivity index (χ4v) is 3.07. The SMILES string of the molecule is COc1ccc(CCC(=O)Nc2ccc(-c3cn4ccccc4n3)cc2)cc1. The zero-order chi connectivity index (χ0) is 19.3. The molecule has 4 aromatic rings. The van der Waals surface area contributed by atoms with Gasteiger partial charge in [-0.2, -0.15) is 0 Å². The monoisotopic (exact) mass is 371 g/mol. The van der Waals surface area contributed by atoms with Gasteiger partial charge in [-0.25, -0.2) is 4.98 Å². The predicted molar refractivity (Wildman–Crippen MR) is 111 cm³/mol. The van der Waals surface area contributed by atoms with E-state index in [1.807, 2.05) is 83.5 Å². The second-order valence-corrected chi connectivity index (χ2v) is 6.57. The molecule has 2 aromatic heterocycles. The molecule has 0 radical (unpaired) electrons. The number of amides is 1. The Morgan fingerprint density at radius 1 is 1.04 bits per heavy atom. The molecule has 0 bridgehead atoms. The smallest absolute Gasteiger partial charge is 0.224 e. The van der Waals surface area contributed by atoms with Crippen molar-refractivity contribution in [3.63, 3.8) is 0 Å². The van der Waals surface area contributed by atoms with Gasteiger partial charge in [0.25, 0.3) is 0 Å². The van der Waals surface area contributed by atoms with Crippen LogP contribution in [-0.2, 0) is 11.2 Å². The highest BCUT2D eigenvalue weighted by molar-refractivity contribution is 5.91. The molecule has 0 fully saturated rings. The zero-order valence-corrected chi connectivity index (χ0v) is 15.6. The molecule has 28 heavy (non-hydrogen) atoms. The summed E-state index contributed by atoms with van der Waals surface area (Å²) in [4.78, 5) is 16.8. The molecule has 0 aliphatic rings. The van der Waals surface area contributed by atoms with Gasteiger partial charge in [0, 0.05) is 30.1 Å². The van der Waals surface area contributed by atoms with Crippen molar-refractivity contribution >= 4 is 17.2 Å². The quantitative estimate of drug-likeness (QED) is 0.540. The molecule has 0 atom stereocenters. The molecule has 0 saturated heterocycles. The number of nitrogens with zero attached hydrogens (tertiary/aromatic N) is 2. The number of hydrogen-bond donors (Lipinski definition) is 1. The molecule has 0 unspecified atom stereocenters. The lowest BCUT2D eigenvalue weighted by Crippen LogP contribution is -2.12. The molecule has 0 aliphatic heterocycles. The number of rotatable bonds is 6. The molecule has 0 aliphatic carbocycles. The first-order chi connectivity index (χ1) is 13.7. The summed E-state index contributed by atoms with van der Waals surface area (Å²) in [5, 5.41) is 2.95. The molecule has 2 aromatic carbocycles. The Morgan fingerprint density at radius 2 is 1.82 bits per heavy atom. The van der Waals surface area contributed by atoms with E-state index in [1.54, 1.807) is 7.11 Å². The number of aryl methyl sites for hydroxylation is 1. The summed E-state index contributed by atoms with van der Waals surface area (Å²) in [6.07, 6.45) is 5.09. The van der Waals surface area contributed by atoms with E-state index < -0.39 is 0 Å². The van der Waals surface area contributed by atoms with Gasteiger partial charge in [0.15, 0.2) is 0 Å². The third kappa shape index (κ3) is 4.04. The summed E-state index contributed by atoms with van der Waals surface area (Å²) in [6, 6.07) is 21.5. The number of fused-ring (bicyclic) bond motifs is 1. The third-order valence-electron chi connectivity index (χ3n) is 4.63. The highest BCUT2D eigenvalue weighted by Gasteiger charge is 2.06. The molecule has 1 amide bonds. The number of hydrogen-bond acceptors (Lipinski definition) is 3. The van der Waals surface area contributed by atoms with Gasteiger partial charge >= 0.3 is 0 Å². The van der Waals surface area contributed by atoms with Crippen LogP contribution in [-0.4, -0.2) is 22.4 Å². The molecular formula is C23H21N3O2. The number of benzene rings is 2. The van der Waals surface area contributed by atoms with Crippen molar-refractivity contribution in [3.8, 4) is 17.0 Å². The second-order valence-electron chi connectivity index (χ2n) is 6.57. The summed E-state index contributed by atoms with van der Waals surface area (Å²) >= 11 is 0. The number of anilines is 1. The van der Waals surface area contributed by atoms with Crippen LogP contribution in [0.4, 0.5) is 5.69 Å². The van der Waals surface area contributed by atoms with Crippen LogP contribution >= 0.6 is 0 Å². The van der Waals surface area contributed by atoms with E-state index in [0.29, 0.717) is 12.8 Å². The van der Waals surface area contributed by atoms with Crippen molar-refractivity contribution in [1.82, 2.24) is 9.38 Å². The van der Waals surface area contributed by atoms with Gasteiger partial charge in [0.05, 0.1) is 12.8 Å². The van der Waals surface area contributed by atoms with Crippen LogP contribution in [0.2, 0.25) is 0 Å². The van der Waals surface area contributed by atoms with Crippen molar-refractivity contribution < 1.29 is 9.53 Å². The van der Waals surface area contributed by atoms with Crippen molar-refractivity contribution in [2.24, 2.45) is 0 Å². The number of nitrogens with one attached hydrogen (secondary N) is 1. The fraction of sp³-hybridized carbons (Fsp3) is 0.130. The van der Waals surface area contributed by atoms with Crippen molar-refractivity contribution in [3.05, 3.63) is 84.7 Å². The molecule has 0 saturated carbocycles. The van der Waals surface area contributed by atoms with Gasteiger partial charge in [-0.3, -0.25) is 4.79 Å². The maximum Gasteiger partial charge on any atom is 0.224 e. The van der Waals surface area contributed by atoms with Crippen LogP contribution in [0.15, 0.2) is 79.1 Å². The Bertz CT molecular complexity index is 1050. The van der Waals surface area contributed by atoms with Crippen LogP contribution in [0.25, 0.3) is 16.9 Å². The van der Waals surface area contributed by atoms with E-state index >= 15 is 0 Å². The summed E-state index contributed by atoms with van der Waals surface area (Å²) in [5.41, 5.74) is 4.72. The van der Waals surface area contributed by atoms with Crippen molar-refractivity contribution in [2.75, 3.05) is 12.4 Å². The maximum absolute atomic E-state index is 12.2. The van der Waals surface area contributed by atoms with Crippen LogP contribution in [0.1, 0.15) is 12.0 Å². The molecule has 5 nitrogen and oxygen atoms in total. The van der Waals surface area contributed by atoms with Gasteiger partial charge in [-0.1, -0.05) is 30.3 Å². The van der Waals surface area contributed by atoms with E-state index in [0.717, 1.165) is 33.9 Å². The van der Waals surface area contributed by atoms with E-state index in [-0.39, 0.29) is 5.91 Å². The van der Waals surface area contributed by atoms with E-state index in [1.165, 1.54) is 0 Å². The summed E-state index contributed by atoms with van der Waals surface area (Å²) < 4.78 is 7.14. The lowest BCUT2D eigenvalue weighted by molar-refractivity contribution is -0.116. The van der Waals surface area contributed by atoms with Gasteiger partial charge in [0.2, 0.25) is 5.91 Å². The first kappa shape index (κ1) is 17.8. The average molecular weight is 371 g/mol. The molecule has 5 heteroatoms. The molecular weight excluding hydrogens is 350 g/mol. The largest absolute Gasteiger partial charge is 0.497 e. The van der Waals surface area contributed by atoms with Gasteiger partial charge < -0.3 is 14.5 Å². The third-order valence-corrected chi connectivity index (χ3v) is 4.63. The molecule has 1 N–H and O–H groups in total. The number of carbonyl (C=O) groups excluding carboxylic acids is 1. The zero-order valence-electron chi connectivity index (χ0n) is 15.6. The maximum atomic E-state index is 12.2. The lowest BCUT2D eigenvalue weighted by Gasteiger charge is -2.07. The number of methoxy groups -OCH3 is 1. The Hall–Kier alpha value is -3.60. The van der Waals surface area contributed by atoms with Gasteiger partial charge in [0.1, 0.15) is 11.4 Å². The summed E-state index contributed by atoms with van der Waals surface area (Å²) in [5.74, 6) is 0.815. The lowest BCUT2D eigenvalue weighted by atomic mass is 10.1. The highest BCUT2D eigenvalue weighted by atomic mass is 16.5. The Morgan fingerprint density at radius 3 is 2.54 bits per heavy atom. The standard InChI is InChI=1S/C23H21N3O2/c1-28-20-12-5-17(6-13-20)7-14-23(27)24-19-10-8-18(9-11-19)21-16-26-15-3-2-4-22(26)25-21/h2-6,8-13,15-16H,7,14H2,1H3,(H,24,27). The van der Waals surface area contributed by atoms with Crippen LogP contribution in [0.5, 0.6) is 5.75 Å². The van der Waals surface area contributed by atoms with Crippen LogP contribution in [0, 0.1) is 0 Å². The minimum atomic E-state index is -0.00343. The number of ether oxygens (including phenoxy) is 1.